The highest BCUT2D eigenvalue weighted by Crippen LogP contribution is 2.24. The number of nitrogens with one attached hydrogen (secondary N) is 1. The first-order valence-corrected chi connectivity index (χ1v) is 7.45. The van der Waals surface area contributed by atoms with Crippen molar-refractivity contribution in [2.24, 2.45) is 0 Å². The molecule has 0 saturated carbocycles. The summed E-state index contributed by atoms with van der Waals surface area (Å²) >= 11 is 0. The van der Waals surface area contributed by atoms with Crippen LogP contribution in [0.4, 0.5) is 14.5 Å². The summed E-state index contributed by atoms with van der Waals surface area (Å²) in [6.07, 6.45) is 0. The van der Waals surface area contributed by atoms with E-state index in [1.807, 2.05) is 6.92 Å². The van der Waals surface area contributed by atoms with Gasteiger partial charge >= 0.3 is 5.63 Å². The third-order valence-corrected chi connectivity index (χ3v) is 3.45. The van der Waals surface area contributed by atoms with E-state index in [2.05, 4.69) is 5.32 Å². The van der Waals surface area contributed by atoms with Gasteiger partial charge in [-0.3, -0.25) is 4.79 Å². The Hall–Kier alpha value is -3.22. The molecule has 0 spiro atoms. The lowest BCUT2D eigenvalue weighted by atomic mass is 10.1. The molecule has 0 aliphatic heterocycles. The molecule has 25 heavy (non-hydrogen) atoms. The largest absolute Gasteiger partial charge is 0.494 e. The second-order valence-corrected chi connectivity index (χ2v) is 5.15. The van der Waals surface area contributed by atoms with Crippen molar-refractivity contribution in [1.82, 2.24) is 0 Å². The predicted molar refractivity (Wildman–Crippen MR) is 88.0 cm³/mol. The van der Waals surface area contributed by atoms with Gasteiger partial charge in [-0.25, -0.2) is 13.6 Å². The second kappa shape index (κ2) is 6.72. The van der Waals surface area contributed by atoms with Crippen molar-refractivity contribution < 1.29 is 22.7 Å². The molecule has 2 aromatic carbocycles. The van der Waals surface area contributed by atoms with Crippen molar-refractivity contribution in [1.29, 1.82) is 0 Å². The lowest BCUT2D eigenvalue weighted by Gasteiger charge is -2.09. The average Bonchev–Trinajstić information content (AvgIpc) is 2.56. The van der Waals surface area contributed by atoms with Crippen LogP contribution < -0.4 is 15.7 Å². The van der Waals surface area contributed by atoms with Crippen LogP contribution in [0.3, 0.4) is 0 Å². The summed E-state index contributed by atoms with van der Waals surface area (Å²) < 4.78 is 37.1. The molecule has 1 heterocycles. The van der Waals surface area contributed by atoms with Gasteiger partial charge in [-0.1, -0.05) is 0 Å². The van der Waals surface area contributed by atoms with E-state index in [4.69, 9.17) is 9.15 Å². The summed E-state index contributed by atoms with van der Waals surface area (Å²) in [5, 5.41) is 2.68. The molecule has 0 fully saturated rings. The van der Waals surface area contributed by atoms with E-state index in [1.165, 1.54) is 6.07 Å². The first kappa shape index (κ1) is 16.6. The number of amides is 1. The molecule has 1 aromatic heterocycles. The summed E-state index contributed by atoms with van der Waals surface area (Å²) in [6.45, 7) is 2.24. The van der Waals surface area contributed by atoms with Crippen molar-refractivity contribution in [2.75, 3.05) is 11.9 Å². The van der Waals surface area contributed by atoms with Gasteiger partial charge in [-0.05, 0) is 31.2 Å². The Morgan fingerprint density at radius 2 is 1.96 bits per heavy atom. The maximum atomic E-state index is 13.7. The van der Waals surface area contributed by atoms with Gasteiger partial charge < -0.3 is 14.5 Å². The number of rotatable bonds is 4. The number of carbonyl (C=O) groups excluding carboxylic acids is 1. The third kappa shape index (κ3) is 3.50. The van der Waals surface area contributed by atoms with E-state index in [0.29, 0.717) is 23.8 Å². The summed E-state index contributed by atoms with van der Waals surface area (Å²) in [5.41, 5.74) is -0.745. The number of hydrogen-bond acceptors (Lipinski definition) is 4. The van der Waals surface area contributed by atoms with Crippen LogP contribution in [0.2, 0.25) is 0 Å². The van der Waals surface area contributed by atoms with Crippen LogP contribution >= 0.6 is 0 Å². The zero-order valence-electron chi connectivity index (χ0n) is 13.1. The van der Waals surface area contributed by atoms with Crippen molar-refractivity contribution in [2.45, 2.75) is 6.92 Å². The molecule has 128 valence electrons. The van der Waals surface area contributed by atoms with Crippen molar-refractivity contribution in [3.05, 3.63) is 70.1 Å². The van der Waals surface area contributed by atoms with Crippen molar-refractivity contribution >= 4 is 22.6 Å². The molecular formula is C18H13F2NO4. The molecule has 0 aliphatic carbocycles. The Bertz CT molecular complexity index is 1010. The number of fused-ring (bicyclic) bond motifs is 1. The van der Waals surface area contributed by atoms with Crippen LogP contribution in [0.15, 0.2) is 51.7 Å². The number of hydrogen-bond donors (Lipinski definition) is 1. The van der Waals surface area contributed by atoms with Crippen LogP contribution in [0.5, 0.6) is 5.75 Å². The third-order valence-electron chi connectivity index (χ3n) is 3.45. The van der Waals surface area contributed by atoms with Gasteiger partial charge in [0.2, 0.25) is 0 Å². The van der Waals surface area contributed by atoms with E-state index in [1.54, 1.807) is 12.1 Å². The van der Waals surface area contributed by atoms with Gasteiger partial charge in [-0.2, -0.15) is 0 Å². The van der Waals surface area contributed by atoms with Crippen molar-refractivity contribution in [3.8, 4) is 5.75 Å². The maximum Gasteiger partial charge on any atom is 0.337 e. The minimum absolute atomic E-state index is 0.0121. The topological polar surface area (TPSA) is 68.5 Å². The first-order chi connectivity index (χ1) is 12.0. The zero-order valence-corrected chi connectivity index (χ0v) is 13.1. The Balaban J connectivity index is 2.02. The van der Waals surface area contributed by atoms with Crippen molar-refractivity contribution in [3.63, 3.8) is 0 Å². The first-order valence-electron chi connectivity index (χ1n) is 7.45. The SMILES string of the molecule is CCOc1ccc2c(C(=O)Nc3ccc(F)cc3F)cc(=O)oc2c1. The summed E-state index contributed by atoms with van der Waals surface area (Å²) in [4.78, 5) is 24.2. The quantitative estimate of drug-likeness (QED) is 0.732. The molecule has 5 nitrogen and oxygen atoms in total. The minimum Gasteiger partial charge on any atom is -0.494 e. The fraction of sp³-hybridized carbons (Fsp3) is 0.111. The van der Waals surface area contributed by atoms with E-state index in [9.17, 15) is 18.4 Å². The molecule has 3 aromatic rings. The van der Waals surface area contributed by atoms with Gasteiger partial charge in [0.05, 0.1) is 17.9 Å². The second-order valence-electron chi connectivity index (χ2n) is 5.15. The monoisotopic (exact) mass is 345 g/mol. The molecule has 1 amide bonds. The van der Waals surface area contributed by atoms with Gasteiger partial charge in [0, 0.05) is 23.6 Å². The van der Waals surface area contributed by atoms with E-state index < -0.39 is 23.2 Å². The van der Waals surface area contributed by atoms with Crippen LogP contribution in [0.25, 0.3) is 11.0 Å². The summed E-state index contributed by atoms with van der Waals surface area (Å²) in [5.74, 6) is -1.91. The maximum absolute atomic E-state index is 13.7. The molecular weight excluding hydrogens is 332 g/mol. The van der Waals surface area contributed by atoms with Gasteiger partial charge in [0.1, 0.15) is 23.0 Å². The zero-order chi connectivity index (χ0) is 18.0. The Labute approximate surface area is 140 Å². The van der Waals surface area contributed by atoms with E-state index in [0.717, 1.165) is 18.2 Å². The molecule has 0 radical (unpaired) electrons. The van der Waals surface area contributed by atoms with Crippen LogP contribution in [0, 0.1) is 11.6 Å². The number of benzene rings is 2. The fourth-order valence-electron chi connectivity index (χ4n) is 2.37. The van der Waals surface area contributed by atoms with Gasteiger partial charge in [-0.15, -0.1) is 0 Å². The van der Waals surface area contributed by atoms with Gasteiger partial charge in [0.15, 0.2) is 0 Å². The Morgan fingerprint density at radius 3 is 2.68 bits per heavy atom. The van der Waals surface area contributed by atoms with E-state index in [-0.39, 0.29) is 16.8 Å². The Kier molecular flexibility index (Phi) is 4.47. The molecule has 0 unspecified atom stereocenters. The fourth-order valence-corrected chi connectivity index (χ4v) is 2.37. The number of ether oxygens (including phenoxy) is 1. The van der Waals surface area contributed by atoms with Crippen LogP contribution in [-0.4, -0.2) is 12.5 Å². The Morgan fingerprint density at radius 1 is 1.16 bits per heavy atom. The molecule has 0 bridgehead atoms. The lowest BCUT2D eigenvalue weighted by Crippen LogP contribution is -2.16. The predicted octanol–water partition coefficient (Wildman–Crippen LogP) is 3.72. The molecule has 1 N–H and O–H groups in total. The smallest absolute Gasteiger partial charge is 0.337 e. The lowest BCUT2D eigenvalue weighted by molar-refractivity contribution is 0.102. The number of carbonyl (C=O) groups is 1. The molecule has 7 heteroatoms. The van der Waals surface area contributed by atoms with Crippen LogP contribution in [0.1, 0.15) is 17.3 Å². The minimum atomic E-state index is -0.917. The highest BCUT2D eigenvalue weighted by Gasteiger charge is 2.16. The van der Waals surface area contributed by atoms with E-state index >= 15 is 0 Å². The highest BCUT2D eigenvalue weighted by molar-refractivity contribution is 6.12. The number of halogens is 2. The molecule has 0 atom stereocenters. The summed E-state index contributed by atoms with van der Waals surface area (Å²) in [6, 6.07) is 8.48. The van der Waals surface area contributed by atoms with Gasteiger partial charge in [0.25, 0.3) is 5.91 Å². The highest BCUT2D eigenvalue weighted by atomic mass is 19.1. The normalized spacial score (nSPS) is 10.7. The molecule has 0 aliphatic rings. The standard InChI is InChI=1S/C18H13F2NO4/c1-2-24-11-4-5-12-13(9-17(22)25-16(12)8-11)18(23)21-15-6-3-10(19)7-14(15)20/h3-9H,2H2,1H3,(H,21,23). The molecule has 3 rings (SSSR count). The molecule has 0 saturated heterocycles. The average molecular weight is 345 g/mol. The number of anilines is 1. The van der Waals surface area contributed by atoms with Crippen LogP contribution in [-0.2, 0) is 0 Å². The summed E-state index contributed by atoms with van der Waals surface area (Å²) in [7, 11) is 0.